The second kappa shape index (κ2) is 4.35. The van der Waals surface area contributed by atoms with Crippen molar-refractivity contribution in [3.63, 3.8) is 0 Å². The van der Waals surface area contributed by atoms with E-state index in [9.17, 15) is 9.59 Å². The molecular formula is C9H8NO3. The van der Waals surface area contributed by atoms with Gasteiger partial charge < -0.3 is 4.74 Å². The molecule has 0 aliphatic heterocycles. The summed E-state index contributed by atoms with van der Waals surface area (Å²) in [6.45, 7) is 1.81. The molecule has 0 amide bonds. The van der Waals surface area contributed by atoms with Crippen molar-refractivity contribution in [1.82, 2.24) is 4.98 Å². The Bertz CT molecular complexity index is 308. The van der Waals surface area contributed by atoms with Gasteiger partial charge in [-0.2, -0.15) is 0 Å². The summed E-state index contributed by atoms with van der Waals surface area (Å²) >= 11 is 0. The number of hydrogen-bond acceptors (Lipinski definition) is 4. The number of nitrogens with zero attached hydrogens (tertiary/aromatic N) is 1. The molecule has 0 N–H and O–H groups in total. The quantitative estimate of drug-likeness (QED) is 0.387. The Morgan fingerprint density at radius 1 is 1.62 bits per heavy atom. The number of hydrogen-bond donors (Lipinski definition) is 0. The first-order valence-corrected chi connectivity index (χ1v) is 3.80. The maximum Gasteiger partial charge on any atom is 0.381 e. The van der Waals surface area contributed by atoms with Crippen molar-refractivity contribution in [3.05, 3.63) is 30.1 Å². The number of ketones is 1. The standard InChI is InChI=1S/C9H8NO3/c1-2-13-9(12)8(11)7-5-3-4-6-10-7/h3-4,6H,2H2,1H3. The molecule has 0 unspecified atom stereocenters. The molecule has 4 nitrogen and oxygen atoms in total. The number of carbonyl (C=O) groups excluding carboxylic acids is 2. The van der Waals surface area contributed by atoms with Crippen LogP contribution in [0.3, 0.4) is 0 Å². The van der Waals surface area contributed by atoms with E-state index in [4.69, 9.17) is 0 Å². The van der Waals surface area contributed by atoms with Crippen molar-refractivity contribution in [2.24, 2.45) is 0 Å². The zero-order valence-corrected chi connectivity index (χ0v) is 7.11. The first kappa shape index (κ1) is 9.38. The summed E-state index contributed by atoms with van der Waals surface area (Å²) in [6, 6.07) is 5.67. The van der Waals surface area contributed by atoms with E-state index in [0.29, 0.717) is 0 Å². The van der Waals surface area contributed by atoms with Crippen molar-refractivity contribution in [1.29, 1.82) is 0 Å². The monoisotopic (exact) mass is 178 g/mol. The summed E-state index contributed by atoms with van der Waals surface area (Å²) < 4.78 is 4.51. The van der Waals surface area contributed by atoms with Crippen LogP contribution in [0.4, 0.5) is 0 Å². The largest absolute Gasteiger partial charge is 0.460 e. The first-order chi connectivity index (χ1) is 6.25. The van der Waals surface area contributed by atoms with Crippen LogP contribution in [0.2, 0.25) is 0 Å². The van der Waals surface area contributed by atoms with Gasteiger partial charge in [0.05, 0.1) is 6.61 Å². The fourth-order valence-electron chi connectivity index (χ4n) is 0.742. The highest BCUT2D eigenvalue weighted by molar-refractivity contribution is 6.39. The van der Waals surface area contributed by atoms with E-state index in [1.54, 1.807) is 13.0 Å². The van der Waals surface area contributed by atoms with Gasteiger partial charge >= 0.3 is 5.97 Å². The predicted octanol–water partition coefficient (Wildman–Crippen LogP) is 0.628. The smallest absolute Gasteiger partial charge is 0.381 e. The van der Waals surface area contributed by atoms with Gasteiger partial charge in [-0.15, -0.1) is 0 Å². The Labute approximate surface area is 75.5 Å². The normalized spacial score (nSPS) is 9.31. The molecule has 13 heavy (non-hydrogen) atoms. The van der Waals surface area contributed by atoms with Gasteiger partial charge in [0.15, 0.2) is 0 Å². The maximum atomic E-state index is 11.2. The SMILES string of the molecule is CCOC(=O)C(=O)c1[c]cccn1. The van der Waals surface area contributed by atoms with Gasteiger partial charge in [0.2, 0.25) is 0 Å². The molecule has 0 saturated heterocycles. The number of carbonyl (C=O) groups is 2. The van der Waals surface area contributed by atoms with Crippen molar-refractivity contribution < 1.29 is 14.3 Å². The molecule has 1 aromatic heterocycles. The van der Waals surface area contributed by atoms with E-state index in [1.807, 2.05) is 0 Å². The van der Waals surface area contributed by atoms with E-state index >= 15 is 0 Å². The second-order valence-corrected chi connectivity index (χ2v) is 2.18. The number of esters is 1. The van der Waals surface area contributed by atoms with Crippen LogP contribution in [-0.4, -0.2) is 23.3 Å². The molecule has 0 atom stereocenters. The Morgan fingerprint density at radius 2 is 2.38 bits per heavy atom. The summed E-state index contributed by atoms with van der Waals surface area (Å²) in [7, 11) is 0. The lowest BCUT2D eigenvalue weighted by Gasteiger charge is -1.98. The lowest BCUT2D eigenvalue weighted by molar-refractivity contribution is -0.137. The van der Waals surface area contributed by atoms with Crippen LogP contribution in [-0.2, 0) is 9.53 Å². The number of rotatable bonds is 3. The third kappa shape index (κ3) is 2.37. The highest BCUT2D eigenvalue weighted by Gasteiger charge is 2.17. The molecule has 1 aromatic rings. The molecule has 1 rings (SSSR count). The highest BCUT2D eigenvalue weighted by atomic mass is 16.5. The lowest BCUT2D eigenvalue weighted by atomic mass is 10.2. The number of pyridine rings is 1. The van der Waals surface area contributed by atoms with Crippen LogP contribution in [0.25, 0.3) is 0 Å². The molecule has 0 fully saturated rings. The maximum absolute atomic E-state index is 11.2. The average molecular weight is 178 g/mol. The molecule has 1 heterocycles. The van der Waals surface area contributed by atoms with Crippen LogP contribution >= 0.6 is 0 Å². The summed E-state index contributed by atoms with van der Waals surface area (Å²) in [5.74, 6) is -1.65. The van der Waals surface area contributed by atoms with Gasteiger partial charge in [-0.25, -0.2) is 4.79 Å². The van der Waals surface area contributed by atoms with Gasteiger partial charge in [0.25, 0.3) is 5.78 Å². The first-order valence-electron chi connectivity index (χ1n) is 3.80. The molecule has 0 bridgehead atoms. The minimum Gasteiger partial charge on any atom is -0.460 e. The van der Waals surface area contributed by atoms with E-state index in [2.05, 4.69) is 15.8 Å². The van der Waals surface area contributed by atoms with Gasteiger partial charge in [-0.1, -0.05) is 6.07 Å². The zero-order valence-electron chi connectivity index (χ0n) is 7.11. The minimum absolute atomic E-state index is 0.0130. The van der Waals surface area contributed by atoms with Crippen molar-refractivity contribution in [2.75, 3.05) is 6.61 Å². The molecule has 0 aliphatic carbocycles. The van der Waals surface area contributed by atoms with Crippen molar-refractivity contribution in [2.45, 2.75) is 6.92 Å². The molecular weight excluding hydrogens is 170 g/mol. The van der Waals surface area contributed by atoms with Gasteiger partial charge in [-0.05, 0) is 13.0 Å². The van der Waals surface area contributed by atoms with Crippen molar-refractivity contribution >= 4 is 11.8 Å². The van der Waals surface area contributed by atoms with Crippen molar-refractivity contribution in [3.8, 4) is 0 Å². The van der Waals surface area contributed by atoms with E-state index in [0.717, 1.165) is 0 Å². The number of ether oxygens (including phenoxy) is 1. The second-order valence-electron chi connectivity index (χ2n) is 2.18. The van der Waals surface area contributed by atoms with Gasteiger partial charge in [0.1, 0.15) is 5.69 Å². The molecule has 4 heteroatoms. The summed E-state index contributed by atoms with van der Waals surface area (Å²) in [6.07, 6.45) is 1.42. The molecule has 1 radical (unpaired) electrons. The Kier molecular flexibility index (Phi) is 3.14. The highest BCUT2D eigenvalue weighted by Crippen LogP contribution is 1.95. The third-order valence-corrected chi connectivity index (χ3v) is 1.28. The molecule has 0 aromatic carbocycles. The average Bonchev–Trinajstić information content (AvgIpc) is 2.18. The van der Waals surface area contributed by atoms with Crippen LogP contribution in [0.1, 0.15) is 17.4 Å². The van der Waals surface area contributed by atoms with Gasteiger partial charge in [0, 0.05) is 12.3 Å². The van der Waals surface area contributed by atoms with E-state index < -0.39 is 11.8 Å². The molecule has 0 saturated carbocycles. The van der Waals surface area contributed by atoms with Crippen LogP contribution in [0.5, 0.6) is 0 Å². The third-order valence-electron chi connectivity index (χ3n) is 1.28. The molecule has 67 valence electrons. The fraction of sp³-hybridized carbons (Fsp3) is 0.222. The summed E-state index contributed by atoms with van der Waals surface area (Å²) in [5.41, 5.74) is -0.0130. The van der Waals surface area contributed by atoms with E-state index in [1.165, 1.54) is 12.3 Å². The molecule has 0 aliphatic rings. The number of aromatic nitrogens is 1. The predicted molar refractivity (Wildman–Crippen MR) is 44.0 cm³/mol. The lowest BCUT2D eigenvalue weighted by Crippen LogP contribution is -2.18. The Hall–Kier alpha value is -1.71. The van der Waals surface area contributed by atoms with Crippen LogP contribution in [0, 0.1) is 6.07 Å². The Morgan fingerprint density at radius 3 is 2.92 bits per heavy atom. The molecule has 0 spiro atoms. The summed E-state index contributed by atoms with van der Waals surface area (Å²) in [4.78, 5) is 25.8. The fourth-order valence-corrected chi connectivity index (χ4v) is 0.742. The zero-order chi connectivity index (χ0) is 9.68. The minimum atomic E-state index is -0.891. The van der Waals surface area contributed by atoms with Gasteiger partial charge in [-0.3, -0.25) is 9.78 Å². The summed E-state index contributed by atoms with van der Waals surface area (Å²) in [5, 5.41) is 0. The number of Topliss-reactive ketones (excluding diaryl/α,β-unsaturated/α-hetero) is 1. The van der Waals surface area contributed by atoms with Crippen LogP contribution < -0.4 is 0 Å². The topological polar surface area (TPSA) is 56.3 Å². The Balaban J connectivity index is 2.74. The van der Waals surface area contributed by atoms with Crippen LogP contribution in [0.15, 0.2) is 18.3 Å². The van der Waals surface area contributed by atoms with E-state index in [-0.39, 0.29) is 12.3 Å².